The molecule has 1 amide bonds. The highest BCUT2D eigenvalue weighted by molar-refractivity contribution is 5.80. The summed E-state index contributed by atoms with van der Waals surface area (Å²) in [6, 6.07) is 6.05. The molecule has 0 bridgehead atoms. The molecule has 1 saturated heterocycles. The van der Waals surface area contributed by atoms with Crippen LogP contribution in [0.4, 0.5) is 4.79 Å². The van der Waals surface area contributed by atoms with Gasteiger partial charge >= 0.3 is 6.16 Å². The van der Waals surface area contributed by atoms with Gasteiger partial charge in [0.2, 0.25) is 5.91 Å². The van der Waals surface area contributed by atoms with Crippen molar-refractivity contribution in [3.63, 3.8) is 0 Å². The number of rotatable bonds is 4. The van der Waals surface area contributed by atoms with Gasteiger partial charge in [-0.3, -0.25) is 4.79 Å². The number of hydrogen-bond acceptors (Lipinski definition) is 4. The first-order chi connectivity index (χ1) is 11.3. The predicted molar refractivity (Wildman–Crippen MR) is 91.6 cm³/mol. The molecule has 1 aliphatic heterocycles. The van der Waals surface area contributed by atoms with Crippen molar-refractivity contribution in [2.24, 2.45) is 5.92 Å². The molecule has 5 nitrogen and oxygen atoms in total. The Morgan fingerprint density at radius 3 is 2.42 bits per heavy atom. The first kappa shape index (κ1) is 18.3. The minimum absolute atomic E-state index is 0.0152. The molecular weight excluding hydrogens is 306 g/mol. The Balaban J connectivity index is 2.16. The third-order valence-electron chi connectivity index (χ3n) is 4.90. The van der Waals surface area contributed by atoms with Crippen molar-refractivity contribution in [3.05, 3.63) is 34.9 Å². The Bertz CT molecular complexity index is 593. The van der Waals surface area contributed by atoms with E-state index in [1.807, 2.05) is 39.0 Å². The summed E-state index contributed by atoms with van der Waals surface area (Å²) >= 11 is 0. The van der Waals surface area contributed by atoms with Crippen molar-refractivity contribution >= 4 is 12.1 Å². The largest absolute Gasteiger partial charge is 0.510 e. The van der Waals surface area contributed by atoms with E-state index in [0.29, 0.717) is 12.8 Å². The fourth-order valence-electron chi connectivity index (χ4n) is 3.29. The number of amides is 1. The van der Waals surface area contributed by atoms with Crippen LogP contribution in [0.15, 0.2) is 18.2 Å². The fourth-order valence-corrected chi connectivity index (χ4v) is 3.29. The summed E-state index contributed by atoms with van der Waals surface area (Å²) in [4.78, 5) is 26.3. The Kier molecular flexibility index (Phi) is 5.86. The Hall–Kier alpha value is -2.04. The topological polar surface area (TPSA) is 55.8 Å². The lowest BCUT2D eigenvalue weighted by atomic mass is 9.99. The maximum absolute atomic E-state index is 12.9. The van der Waals surface area contributed by atoms with Crippen LogP contribution in [-0.2, 0) is 20.7 Å². The molecule has 1 aromatic rings. The number of carbonyl (C=O) groups is 2. The highest BCUT2D eigenvalue weighted by Gasteiger charge is 2.41. The van der Waals surface area contributed by atoms with Gasteiger partial charge in [0.15, 0.2) is 6.23 Å². The van der Waals surface area contributed by atoms with E-state index in [9.17, 15) is 9.59 Å². The van der Waals surface area contributed by atoms with E-state index in [2.05, 4.69) is 6.92 Å². The number of benzene rings is 1. The maximum Gasteiger partial charge on any atom is 0.510 e. The molecule has 132 valence electrons. The molecule has 3 unspecified atom stereocenters. The van der Waals surface area contributed by atoms with Crippen LogP contribution < -0.4 is 0 Å². The van der Waals surface area contributed by atoms with Crippen molar-refractivity contribution in [2.75, 3.05) is 6.61 Å². The van der Waals surface area contributed by atoms with Gasteiger partial charge in [0.25, 0.3) is 0 Å². The lowest BCUT2D eigenvalue weighted by Crippen LogP contribution is -2.43. The van der Waals surface area contributed by atoms with Crippen molar-refractivity contribution in [3.8, 4) is 0 Å². The van der Waals surface area contributed by atoms with Gasteiger partial charge in [-0.25, -0.2) is 4.79 Å². The highest BCUT2D eigenvalue weighted by Crippen LogP contribution is 2.31. The van der Waals surface area contributed by atoms with Gasteiger partial charge < -0.3 is 14.4 Å². The van der Waals surface area contributed by atoms with Crippen molar-refractivity contribution < 1.29 is 19.1 Å². The van der Waals surface area contributed by atoms with Crippen LogP contribution in [-0.4, -0.2) is 35.8 Å². The Morgan fingerprint density at radius 2 is 1.83 bits per heavy atom. The van der Waals surface area contributed by atoms with E-state index in [1.165, 1.54) is 0 Å². The van der Waals surface area contributed by atoms with Gasteiger partial charge in [0.1, 0.15) is 0 Å². The summed E-state index contributed by atoms with van der Waals surface area (Å²) in [5.41, 5.74) is 3.25. The summed E-state index contributed by atoms with van der Waals surface area (Å²) in [5, 5.41) is 0. The van der Waals surface area contributed by atoms with Crippen molar-refractivity contribution in [1.82, 2.24) is 4.90 Å². The van der Waals surface area contributed by atoms with Crippen LogP contribution in [0.5, 0.6) is 0 Å². The lowest BCUT2D eigenvalue weighted by molar-refractivity contribution is -0.141. The second kappa shape index (κ2) is 7.69. The minimum Gasteiger partial charge on any atom is -0.435 e. The molecule has 0 N–H and O–H groups in total. The molecule has 3 atom stereocenters. The molecule has 5 heteroatoms. The maximum atomic E-state index is 12.9. The first-order valence-electron chi connectivity index (χ1n) is 8.54. The zero-order valence-corrected chi connectivity index (χ0v) is 15.2. The van der Waals surface area contributed by atoms with Gasteiger partial charge in [-0.1, -0.05) is 25.1 Å². The average molecular weight is 333 g/mol. The number of ether oxygens (including phenoxy) is 2. The van der Waals surface area contributed by atoms with Gasteiger partial charge in [-0.2, -0.15) is 0 Å². The van der Waals surface area contributed by atoms with E-state index < -0.39 is 12.4 Å². The SMILES string of the molecule is CCOC(=O)OC1CC(C)C(C)N1C(=O)Cc1c(C)cccc1C. The monoisotopic (exact) mass is 333 g/mol. The number of aryl methyl sites for hydroxylation is 2. The average Bonchev–Trinajstić information content (AvgIpc) is 2.78. The second-order valence-corrected chi connectivity index (χ2v) is 6.56. The first-order valence-corrected chi connectivity index (χ1v) is 8.54. The van der Waals surface area contributed by atoms with Gasteiger partial charge in [0, 0.05) is 12.5 Å². The van der Waals surface area contributed by atoms with E-state index >= 15 is 0 Å². The zero-order chi connectivity index (χ0) is 17.9. The molecule has 1 heterocycles. The van der Waals surface area contributed by atoms with E-state index in [-0.39, 0.29) is 24.5 Å². The van der Waals surface area contributed by atoms with Gasteiger partial charge in [0.05, 0.1) is 13.0 Å². The van der Waals surface area contributed by atoms with Crippen LogP contribution >= 0.6 is 0 Å². The summed E-state index contributed by atoms with van der Waals surface area (Å²) in [6.45, 7) is 10.1. The third-order valence-corrected chi connectivity index (χ3v) is 4.90. The molecule has 0 radical (unpaired) electrons. The quantitative estimate of drug-likeness (QED) is 0.790. The molecule has 1 fully saturated rings. The van der Waals surface area contributed by atoms with Gasteiger partial charge in [-0.15, -0.1) is 0 Å². The minimum atomic E-state index is -0.714. The van der Waals surface area contributed by atoms with E-state index in [4.69, 9.17) is 9.47 Å². The molecule has 0 spiro atoms. The molecular formula is C19H27NO4. The summed E-state index contributed by atoms with van der Waals surface area (Å²) in [6.07, 6.45) is -0.309. The predicted octanol–water partition coefficient (Wildman–Crippen LogP) is 3.60. The molecule has 24 heavy (non-hydrogen) atoms. The zero-order valence-electron chi connectivity index (χ0n) is 15.2. The fraction of sp³-hybridized carbons (Fsp3) is 0.579. The second-order valence-electron chi connectivity index (χ2n) is 6.56. The van der Waals surface area contributed by atoms with Crippen LogP contribution in [0.2, 0.25) is 0 Å². The van der Waals surface area contributed by atoms with Crippen LogP contribution in [0, 0.1) is 19.8 Å². The van der Waals surface area contributed by atoms with E-state index in [0.717, 1.165) is 16.7 Å². The van der Waals surface area contributed by atoms with Crippen LogP contribution in [0.1, 0.15) is 43.9 Å². The standard InChI is InChI=1S/C19H27NO4/c1-6-23-19(22)24-18-10-14(4)15(5)20(18)17(21)11-16-12(2)8-7-9-13(16)3/h7-9,14-15,18H,6,10-11H2,1-5H3. The number of hydrogen-bond donors (Lipinski definition) is 0. The Labute approximate surface area is 143 Å². The van der Waals surface area contributed by atoms with Crippen LogP contribution in [0.25, 0.3) is 0 Å². The number of likely N-dealkylation sites (tertiary alicyclic amines) is 1. The molecule has 1 aromatic carbocycles. The Morgan fingerprint density at radius 1 is 1.21 bits per heavy atom. The molecule has 0 saturated carbocycles. The summed E-state index contributed by atoms with van der Waals surface area (Å²) in [5.74, 6) is 0.255. The molecule has 0 aliphatic carbocycles. The summed E-state index contributed by atoms with van der Waals surface area (Å²) < 4.78 is 10.2. The highest BCUT2D eigenvalue weighted by atomic mass is 16.7. The number of nitrogens with zero attached hydrogens (tertiary/aromatic N) is 1. The third kappa shape index (κ3) is 3.89. The smallest absolute Gasteiger partial charge is 0.435 e. The molecule has 1 aliphatic rings. The van der Waals surface area contributed by atoms with Crippen molar-refractivity contribution in [2.45, 2.75) is 59.7 Å². The van der Waals surface area contributed by atoms with Crippen molar-refractivity contribution in [1.29, 1.82) is 0 Å². The number of carbonyl (C=O) groups excluding carboxylic acids is 2. The molecule has 2 rings (SSSR count). The lowest BCUT2D eigenvalue weighted by Gasteiger charge is -2.29. The van der Waals surface area contributed by atoms with Gasteiger partial charge in [-0.05, 0) is 50.3 Å². The normalized spacial score (nSPS) is 23.2. The summed E-state index contributed by atoms with van der Waals surface area (Å²) in [7, 11) is 0. The molecule has 0 aromatic heterocycles. The van der Waals surface area contributed by atoms with E-state index in [1.54, 1.807) is 11.8 Å². The van der Waals surface area contributed by atoms with Crippen LogP contribution in [0.3, 0.4) is 0 Å².